The van der Waals surface area contributed by atoms with Gasteiger partial charge in [0.2, 0.25) is 0 Å². The van der Waals surface area contributed by atoms with E-state index in [1.54, 1.807) is 18.3 Å². The van der Waals surface area contributed by atoms with Crippen LogP contribution in [0.25, 0.3) is 0 Å². The second-order valence-corrected chi connectivity index (χ2v) is 5.35. The minimum atomic E-state index is 0.284. The molecule has 1 aromatic heterocycles. The highest BCUT2D eigenvalue weighted by Gasteiger charge is 2.07. The number of nitrogens with two attached hydrogens (primary N) is 1. The molecule has 0 saturated carbocycles. The summed E-state index contributed by atoms with van der Waals surface area (Å²) >= 11 is 16.9. The number of hydrogen-bond donors (Lipinski definition) is 2. The zero-order chi connectivity index (χ0) is 14.5. The Balaban J connectivity index is 2.01. The van der Waals surface area contributed by atoms with Gasteiger partial charge in [-0.1, -0.05) is 41.5 Å². The third-order valence-corrected chi connectivity index (χ3v) is 3.49. The number of nitrogens with zero attached hydrogens (tertiary/aromatic N) is 2. The van der Waals surface area contributed by atoms with E-state index in [4.69, 9.17) is 41.2 Å². The fourth-order valence-electron chi connectivity index (χ4n) is 1.70. The summed E-state index contributed by atoms with van der Waals surface area (Å²) in [5.74, 6) is 0.574. The van der Waals surface area contributed by atoms with E-state index < -0.39 is 0 Å². The lowest BCUT2D eigenvalue weighted by molar-refractivity contribution is 0.964. The molecule has 2 aromatic rings. The quantitative estimate of drug-likeness (QED) is 0.827. The molecule has 0 saturated heterocycles. The second kappa shape index (κ2) is 6.83. The normalized spacial score (nSPS) is 10.3. The van der Waals surface area contributed by atoms with Gasteiger partial charge in [-0.15, -0.1) is 5.10 Å². The van der Waals surface area contributed by atoms with Crippen molar-refractivity contribution in [1.29, 1.82) is 0 Å². The molecule has 0 aliphatic carbocycles. The maximum Gasteiger partial charge on any atom is 0.158 e. The number of anilines is 1. The summed E-state index contributed by atoms with van der Waals surface area (Å²) in [5.41, 5.74) is 7.31. The van der Waals surface area contributed by atoms with Gasteiger partial charge in [-0.25, -0.2) is 0 Å². The minimum absolute atomic E-state index is 0.284. The molecule has 1 aromatic carbocycles. The molecule has 0 aliphatic heterocycles. The van der Waals surface area contributed by atoms with Gasteiger partial charge < -0.3 is 11.1 Å². The first-order valence-corrected chi connectivity index (χ1v) is 7.03. The Hall–Kier alpha value is -1.43. The van der Waals surface area contributed by atoms with Crippen LogP contribution in [0.4, 0.5) is 5.82 Å². The molecule has 0 bridgehead atoms. The average molecular weight is 327 g/mol. The van der Waals surface area contributed by atoms with Crippen molar-refractivity contribution < 1.29 is 0 Å². The van der Waals surface area contributed by atoms with E-state index in [1.807, 2.05) is 12.1 Å². The molecule has 2 rings (SSSR count). The van der Waals surface area contributed by atoms with E-state index in [1.165, 1.54) is 0 Å². The number of halogens is 2. The third kappa shape index (κ3) is 3.79. The number of hydrogen-bond acceptors (Lipinski definition) is 4. The predicted molar refractivity (Wildman–Crippen MR) is 86.6 cm³/mol. The van der Waals surface area contributed by atoms with Crippen LogP contribution in [0, 0.1) is 0 Å². The average Bonchev–Trinajstić information content (AvgIpc) is 2.41. The molecule has 0 radical (unpaired) electrons. The SMILES string of the molecule is NC(=S)c1ccnnc1NCCc1ccc(Cl)cc1Cl. The van der Waals surface area contributed by atoms with Crippen molar-refractivity contribution in [1.82, 2.24) is 10.2 Å². The molecule has 1 heterocycles. The lowest BCUT2D eigenvalue weighted by Gasteiger charge is -2.09. The topological polar surface area (TPSA) is 63.8 Å². The Morgan fingerprint density at radius 3 is 2.80 bits per heavy atom. The Labute approximate surface area is 132 Å². The fourth-order valence-corrected chi connectivity index (χ4v) is 2.37. The smallest absolute Gasteiger partial charge is 0.158 e. The molecule has 4 nitrogen and oxygen atoms in total. The van der Waals surface area contributed by atoms with Crippen molar-refractivity contribution in [3.8, 4) is 0 Å². The monoisotopic (exact) mass is 326 g/mol. The van der Waals surface area contributed by atoms with E-state index in [0.29, 0.717) is 28.0 Å². The summed E-state index contributed by atoms with van der Waals surface area (Å²) in [6.45, 7) is 0.635. The number of rotatable bonds is 5. The largest absolute Gasteiger partial charge is 0.389 e. The maximum absolute atomic E-state index is 6.11. The highest BCUT2D eigenvalue weighted by molar-refractivity contribution is 7.80. The predicted octanol–water partition coefficient (Wildman–Crippen LogP) is 3.07. The third-order valence-electron chi connectivity index (χ3n) is 2.69. The standard InChI is InChI=1S/C13H12Cl2N4S/c14-9-2-1-8(11(15)7-9)3-5-17-13-10(12(16)20)4-6-18-19-13/h1-2,4,6-7H,3,5H2,(H2,16,20)(H,17,19). The lowest BCUT2D eigenvalue weighted by atomic mass is 10.1. The van der Waals surface area contributed by atoms with Crippen LogP contribution in [-0.4, -0.2) is 21.7 Å². The molecule has 0 fully saturated rings. The molecule has 20 heavy (non-hydrogen) atoms. The number of thiocarbonyl (C=S) groups is 1. The van der Waals surface area contributed by atoms with E-state index in [9.17, 15) is 0 Å². The summed E-state index contributed by atoms with van der Waals surface area (Å²) in [7, 11) is 0. The van der Waals surface area contributed by atoms with Crippen LogP contribution in [0.5, 0.6) is 0 Å². The highest BCUT2D eigenvalue weighted by Crippen LogP contribution is 2.21. The van der Waals surface area contributed by atoms with Crippen LogP contribution in [0.2, 0.25) is 10.0 Å². The Kier molecular flexibility index (Phi) is 5.11. The van der Waals surface area contributed by atoms with Gasteiger partial charge in [0.1, 0.15) is 4.99 Å². The molecule has 3 N–H and O–H groups in total. The maximum atomic E-state index is 6.11. The molecule has 0 spiro atoms. The fraction of sp³-hybridized carbons (Fsp3) is 0.154. The lowest BCUT2D eigenvalue weighted by Crippen LogP contribution is -2.16. The van der Waals surface area contributed by atoms with Crippen molar-refractivity contribution in [3.05, 3.63) is 51.6 Å². The molecule has 7 heteroatoms. The first kappa shape index (κ1) is 15.0. The molecule has 0 aliphatic rings. The Morgan fingerprint density at radius 1 is 1.30 bits per heavy atom. The van der Waals surface area contributed by atoms with Crippen LogP contribution in [0.15, 0.2) is 30.5 Å². The van der Waals surface area contributed by atoms with Crippen LogP contribution < -0.4 is 11.1 Å². The van der Waals surface area contributed by atoms with Gasteiger partial charge >= 0.3 is 0 Å². The van der Waals surface area contributed by atoms with Gasteiger partial charge in [0.25, 0.3) is 0 Å². The minimum Gasteiger partial charge on any atom is -0.389 e. The second-order valence-electron chi connectivity index (χ2n) is 4.07. The van der Waals surface area contributed by atoms with Crippen LogP contribution in [-0.2, 0) is 6.42 Å². The van der Waals surface area contributed by atoms with E-state index in [0.717, 1.165) is 12.0 Å². The number of nitrogens with one attached hydrogen (secondary N) is 1. The summed E-state index contributed by atoms with van der Waals surface area (Å²) < 4.78 is 0. The molecule has 0 unspecified atom stereocenters. The summed E-state index contributed by atoms with van der Waals surface area (Å²) in [6.07, 6.45) is 2.28. The van der Waals surface area contributed by atoms with Crippen LogP contribution >= 0.6 is 35.4 Å². The van der Waals surface area contributed by atoms with Gasteiger partial charge in [0.05, 0.1) is 11.8 Å². The molecule has 0 amide bonds. The van der Waals surface area contributed by atoms with Gasteiger partial charge in [-0.3, -0.25) is 0 Å². The van der Waals surface area contributed by atoms with Crippen LogP contribution in [0.3, 0.4) is 0 Å². The Morgan fingerprint density at radius 2 is 2.10 bits per heavy atom. The van der Waals surface area contributed by atoms with Crippen molar-refractivity contribution in [2.24, 2.45) is 5.73 Å². The molecular weight excluding hydrogens is 315 g/mol. The first-order valence-electron chi connectivity index (χ1n) is 5.87. The Bertz CT molecular complexity index is 634. The number of aromatic nitrogens is 2. The van der Waals surface area contributed by atoms with E-state index in [2.05, 4.69) is 15.5 Å². The highest BCUT2D eigenvalue weighted by atomic mass is 35.5. The molecule has 0 atom stereocenters. The zero-order valence-electron chi connectivity index (χ0n) is 10.4. The van der Waals surface area contributed by atoms with Gasteiger partial charge in [-0.05, 0) is 30.2 Å². The van der Waals surface area contributed by atoms with Gasteiger partial charge in [-0.2, -0.15) is 5.10 Å². The van der Waals surface area contributed by atoms with Gasteiger partial charge in [0.15, 0.2) is 5.82 Å². The van der Waals surface area contributed by atoms with E-state index >= 15 is 0 Å². The van der Waals surface area contributed by atoms with E-state index in [-0.39, 0.29) is 4.99 Å². The summed E-state index contributed by atoms with van der Waals surface area (Å²) in [6, 6.07) is 7.16. The zero-order valence-corrected chi connectivity index (χ0v) is 12.8. The number of benzene rings is 1. The summed E-state index contributed by atoms with van der Waals surface area (Å²) in [4.78, 5) is 0.284. The van der Waals surface area contributed by atoms with Crippen LogP contribution in [0.1, 0.15) is 11.1 Å². The van der Waals surface area contributed by atoms with Crippen molar-refractivity contribution in [2.75, 3.05) is 11.9 Å². The molecule has 104 valence electrons. The van der Waals surface area contributed by atoms with Crippen molar-refractivity contribution in [2.45, 2.75) is 6.42 Å². The van der Waals surface area contributed by atoms with Gasteiger partial charge in [0, 0.05) is 16.6 Å². The first-order chi connectivity index (χ1) is 9.58. The van der Waals surface area contributed by atoms with Crippen molar-refractivity contribution >= 4 is 46.2 Å². The summed E-state index contributed by atoms with van der Waals surface area (Å²) in [5, 5.41) is 12.2. The molecular formula is C13H12Cl2N4S. The van der Waals surface area contributed by atoms with Crippen molar-refractivity contribution in [3.63, 3.8) is 0 Å².